The third-order valence-electron chi connectivity index (χ3n) is 4.87. The molecule has 0 bridgehead atoms. The quantitative estimate of drug-likeness (QED) is 0.609. The lowest BCUT2D eigenvalue weighted by Gasteiger charge is -2.15. The van der Waals surface area contributed by atoms with E-state index in [2.05, 4.69) is 22.0 Å². The summed E-state index contributed by atoms with van der Waals surface area (Å²) in [5.41, 5.74) is 2.45. The summed E-state index contributed by atoms with van der Waals surface area (Å²) in [6.07, 6.45) is 0. The van der Waals surface area contributed by atoms with Gasteiger partial charge in [-0.2, -0.15) is 5.10 Å². The fourth-order valence-corrected chi connectivity index (χ4v) is 3.13. The summed E-state index contributed by atoms with van der Waals surface area (Å²) in [4.78, 5) is 14.6. The minimum Gasteiger partial charge on any atom is -0.508 e. The van der Waals surface area contributed by atoms with Gasteiger partial charge in [-0.1, -0.05) is 32.9 Å². The smallest absolute Gasteiger partial charge is 0.348 e. The van der Waals surface area contributed by atoms with Crippen molar-refractivity contribution >= 4 is 0 Å². The van der Waals surface area contributed by atoms with E-state index in [1.165, 1.54) is 10.6 Å². The number of hydrogen-bond donors (Lipinski definition) is 3. The van der Waals surface area contributed by atoms with Crippen LogP contribution in [0, 0.1) is 0 Å². The number of aromatic hydroxyl groups is 2. The zero-order valence-corrected chi connectivity index (χ0v) is 16.6. The van der Waals surface area contributed by atoms with Crippen LogP contribution in [0.15, 0.2) is 41.2 Å². The van der Waals surface area contributed by atoms with Gasteiger partial charge in [0.2, 0.25) is 0 Å². The van der Waals surface area contributed by atoms with Crippen molar-refractivity contribution in [2.45, 2.75) is 33.2 Å². The SMILES string of the molecule is CCN(C)Cc1ccc(-n2c(-c3cc(C(C)C)c(O)cc3O)n[nH]c2=O)cc1. The van der Waals surface area contributed by atoms with Crippen molar-refractivity contribution in [1.82, 2.24) is 19.7 Å². The van der Waals surface area contributed by atoms with Crippen molar-refractivity contribution in [3.05, 3.63) is 58.0 Å². The van der Waals surface area contributed by atoms with E-state index in [0.29, 0.717) is 22.6 Å². The zero-order valence-electron chi connectivity index (χ0n) is 16.6. The van der Waals surface area contributed by atoms with Gasteiger partial charge in [-0.05, 0) is 48.8 Å². The Morgan fingerprint density at radius 2 is 1.82 bits per heavy atom. The lowest BCUT2D eigenvalue weighted by molar-refractivity contribution is 0.346. The molecule has 3 aromatic rings. The molecule has 0 amide bonds. The molecule has 148 valence electrons. The van der Waals surface area contributed by atoms with E-state index in [1.54, 1.807) is 6.07 Å². The monoisotopic (exact) mass is 382 g/mol. The van der Waals surface area contributed by atoms with Crippen molar-refractivity contribution in [3.63, 3.8) is 0 Å². The Kier molecular flexibility index (Phi) is 5.56. The number of H-pyrrole nitrogens is 1. The average molecular weight is 382 g/mol. The molecule has 7 nitrogen and oxygen atoms in total. The van der Waals surface area contributed by atoms with Crippen molar-refractivity contribution in [3.8, 4) is 28.6 Å². The molecular formula is C21H26N4O3. The highest BCUT2D eigenvalue weighted by Gasteiger charge is 2.19. The molecule has 0 saturated carbocycles. The number of aromatic nitrogens is 3. The van der Waals surface area contributed by atoms with Crippen molar-refractivity contribution in [2.24, 2.45) is 0 Å². The summed E-state index contributed by atoms with van der Waals surface area (Å²) in [5, 5.41) is 27.0. The summed E-state index contributed by atoms with van der Waals surface area (Å²) < 4.78 is 1.42. The van der Waals surface area contributed by atoms with Gasteiger partial charge in [0.1, 0.15) is 11.5 Å². The lowest BCUT2D eigenvalue weighted by Crippen LogP contribution is -2.17. The number of phenols is 2. The Morgan fingerprint density at radius 1 is 1.14 bits per heavy atom. The predicted molar refractivity (Wildman–Crippen MR) is 109 cm³/mol. The standard InChI is InChI=1S/C21H26N4O3/c1-5-24(4)12-14-6-8-15(9-7-14)25-20(22-23-21(25)28)17-10-16(13(2)3)18(26)11-19(17)27/h6-11,13,26-27H,5,12H2,1-4H3,(H,23,28). The highest BCUT2D eigenvalue weighted by molar-refractivity contribution is 5.69. The molecule has 0 aliphatic carbocycles. The molecule has 0 fully saturated rings. The second-order valence-corrected chi connectivity index (χ2v) is 7.27. The van der Waals surface area contributed by atoms with Crippen LogP contribution in [0.4, 0.5) is 0 Å². The lowest BCUT2D eigenvalue weighted by atomic mass is 9.98. The van der Waals surface area contributed by atoms with Crippen LogP contribution in [0.2, 0.25) is 0 Å². The summed E-state index contributed by atoms with van der Waals surface area (Å²) >= 11 is 0. The zero-order chi connectivity index (χ0) is 20.4. The van der Waals surface area contributed by atoms with Crippen LogP contribution < -0.4 is 5.69 Å². The van der Waals surface area contributed by atoms with Gasteiger partial charge < -0.3 is 15.1 Å². The van der Waals surface area contributed by atoms with Gasteiger partial charge in [-0.3, -0.25) is 0 Å². The summed E-state index contributed by atoms with van der Waals surface area (Å²) in [6.45, 7) is 7.76. The Bertz CT molecular complexity index is 1020. The average Bonchev–Trinajstić information content (AvgIpc) is 3.03. The minimum absolute atomic E-state index is 0.0186. The van der Waals surface area contributed by atoms with Gasteiger partial charge >= 0.3 is 5.69 Å². The Hall–Kier alpha value is -3.06. The molecule has 0 spiro atoms. The van der Waals surface area contributed by atoms with E-state index in [-0.39, 0.29) is 17.4 Å². The molecule has 0 aliphatic heterocycles. The number of rotatable bonds is 6. The minimum atomic E-state index is -0.396. The molecular weight excluding hydrogens is 356 g/mol. The summed E-state index contributed by atoms with van der Waals surface area (Å²) in [7, 11) is 2.05. The third kappa shape index (κ3) is 3.80. The highest BCUT2D eigenvalue weighted by Crippen LogP contribution is 2.37. The first-order valence-corrected chi connectivity index (χ1v) is 9.33. The largest absolute Gasteiger partial charge is 0.508 e. The number of nitrogens with one attached hydrogen (secondary N) is 1. The van der Waals surface area contributed by atoms with E-state index in [0.717, 1.165) is 18.7 Å². The fourth-order valence-electron chi connectivity index (χ4n) is 3.13. The molecule has 28 heavy (non-hydrogen) atoms. The van der Waals surface area contributed by atoms with Crippen LogP contribution in [0.3, 0.4) is 0 Å². The van der Waals surface area contributed by atoms with Crippen LogP contribution in [0.1, 0.15) is 37.8 Å². The Balaban J connectivity index is 2.06. The number of benzene rings is 2. The molecule has 0 unspecified atom stereocenters. The number of nitrogens with zero attached hydrogens (tertiary/aromatic N) is 3. The van der Waals surface area contributed by atoms with Crippen LogP contribution in [-0.2, 0) is 6.54 Å². The molecule has 2 aromatic carbocycles. The van der Waals surface area contributed by atoms with Crippen molar-refractivity contribution < 1.29 is 10.2 Å². The molecule has 3 rings (SSSR count). The first-order chi connectivity index (χ1) is 13.3. The second kappa shape index (κ2) is 7.90. The fraction of sp³-hybridized carbons (Fsp3) is 0.333. The molecule has 1 heterocycles. The first-order valence-electron chi connectivity index (χ1n) is 9.33. The van der Waals surface area contributed by atoms with E-state index in [4.69, 9.17) is 0 Å². The van der Waals surface area contributed by atoms with Crippen molar-refractivity contribution in [1.29, 1.82) is 0 Å². The normalized spacial score (nSPS) is 11.5. The third-order valence-corrected chi connectivity index (χ3v) is 4.87. The molecule has 0 atom stereocenters. The number of aromatic amines is 1. The molecule has 1 aromatic heterocycles. The van der Waals surface area contributed by atoms with Gasteiger partial charge in [-0.15, -0.1) is 0 Å². The van der Waals surface area contributed by atoms with E-state index in [9.17, 15) is 15.0 Å². The van der Waals surface area contributed by atoms with Gasteiger partial charge in [0.05, 0.1) is 11.3 Å². The molecule has 0 saturated heterocycles. The van der Waals surface area contributed by atoms with E-state index < -0.39 is 5.69 Å². The topological polar surface area (TPSA) is 94.4 Å². The van der Waals surface area contributed by atoms with Crippen molar-refractivity contribution in [2.75, 3.05) is 13.6 Å². The number of phenolic OH excluding ortho intramolecular Hbond substituents is 2. The maximum atomic E-state index is 12.4. The van der Waals surface area contributed by atoms with Crippen LogP contribution in [0.25, 0.3) is 17.1 Å². The van der Waals surface area contributed by atoms with E-state index >= 15 is 0 Å². The summed E-state index contributed by atoms with van der Waals surface area (Å²) in [6, 6.07) is 10.6. The Morgan fingerprint density at radius 3 is 2.43 bits per heavy atom. The maximum Gasteiger partial charge on any atom is 0.348 e. The van der Waals surface area contributed by atoms with Crippen LogP contribution in [-0.4, -0.2) is 43.5 Å². The first kappa shape index (κ1) is 19.7. The van der Waals surface area contributed by atoms with Gasteiger partial charge in [0.15, 0.2) is 5.82 Å². The molecule has 0 aliphatic rings. The summed E-state index contributed by atoms with van der Waals surface area (Å²) in [5.74, 6) is 0.226. The molecule has 0 radical (unpaired) electrons. The van der Waals surface area contributed by atoms with Crippen LogP contribution >= 0.6 is 0 Å². The van der Waals surface area contributed by atoms with Crippen LogP contribution in [0.5, 0.6) is 11.5 Å². The van der Waals surface area contributed by atoms with Gasteiger partial charge in [0, 0.05) is 12.6 Å². The predicted octanol–water partition coefficient (Wildman–Crippen LogP) is 3.21. The molecule has 3 N–H and O–H groups in total. The highest BCUT2D eigenvalue weighted by atomic mass is 16.3. The van der Waals surface area contributed by atoms with E-state index in [1.807, 2.05) is 45.2 Å². The number of hydrogen-bond acceptors (Lipinski definition) is 5. The van der Waals surface area contributed by atoms with Gasteiger partial charge in [-0.25, -0.2) is 14.5 Å². The maximum absolute atomic E-state index is 12.4. The molecule has 7 heteroatoms. The van der Waals surface area contributed by atoms with Gasteiger partial charge in [0.25, 0.3) is 0 Å². The second-order valence-electron chi connectivity index (χ2n) is 7.27. The Labute approximate surface area is 163 Å².